The molecule has 0 bridgehead atoms. The second-order valence-corrected chi connectivity index (χ2v) is 7.50. The maximum absolute atomic E-state index is 12.5. The van der Waals surface area contributed by atoms with Gasteiger partial charge in [0, 0.05) is 12.5 Å². The molecule has 2 aliphatic rings. The fourth-order valence-electron chi connectivity index (χ4n) is 3.77. The molecule has 2 heterocycles. The summed E-state index contributed by atoms with van der Waals surface area (Å²) < 4.78 is 6.16. The lowest BCUT2D eigenvalue weighted by Gasteiger charge is -2.38. The molecular weight excluding hydrogens is 288 g/mol. The standard InChI is InChI=1S/C19H28N2O2/c1-19(2,20-18(22)13-15-8-6-12-21(15)3)17-11-10-14-7-4-5-9-16(14)23-17/h4-5,7,9,15,17H,6,8,10-13H2,1-3H3,(H,20,22)/t15-,17-/m1/s1. The largest absolute Gasteiger partial charge is 0.488 e. The minimum absolute atomic E-state index is 0.0163. The molecule has 1 aromatic carbocycles. The lowest BCUT2D eigenvalue weighted by molar-refractivity contribution is -0.125. The summed E-state index contributed by atoms with van der Waals surface area (Å²) in [6, 6.07) is 8.58. The van der Waals surface area contributed by atoms with E-state index in [1.807, 2.05) is 18.2 Å². The smallest absolute Gasteiger partial charge is 0.222 e. The van der Waals surface area contributed by atoms with Crippen molar-refractivity contribution in [3.63, 3.8) is 0 Å². The Bertz CT molecular complexity index is 570. The molecule has 1 saturated heterocycles. The van der Waals surface area contributed by atoms with Crippen LogP contribution >= 0.6 is 0 Å². The Hall–Kier alpha value is -1.55. The van der Waals surface area contributed by atoms with Crippen LogP contribution in [0.25, 0.3) is 0 Å². The highest BCUT2D eigenvalue weighted by molar-refractivity contribution is 5.77. The molecule has 2 atom stereocenters. The number of hydrogen-bond acceptors (Lipinski definition) is 3. The van der Waals surface area contributed by atoms with Gasteiger partial charge in [0.15, 0.2) is 0 Å². The second kappa shape index (κ2) is 6.52. The molecule has 126 valence electrons. The maximum Gasteiger partial charge on any atom is 0.222 e. The number of aryl methyl sites for hydroxylation is 1. The molecule has 23 heavy (non-hydrogen) atoms. The van der Waals surface area contributed by atoms with Crippen molar-refractivity contribution in [2.75, 3.05) is 13.6 Å². The summed E-state index contributed by atoms with van der Waals surface area (Å²) in [5.74, 6) is 1.10. The van der Waals surface area contributed by atoms with Gasteiger partial charge in [0.25, 0.3) is 0 Å². The van der Waals surface area contributed by atoms with Gasteiger partial charge in [-0.1, -0.05) is 18.2 Å². The van der Waals surface area contributed by atoms with Crippen molar-refractivity contribution < 1.29 is 9.53 Å². The zero-order valence-corrected chi connectivity index (χ0v) is 14.5. The minimum atomic E-state index is -0.359. The van der Waals surface area contributed by atoms with Crippen LogP contribution in [0.4, 0.5) is 0 Å². The number of hydrogen-bond donors (Lipinski definition) is 1. The highest BCUT2D eigenvalue weighted by Crippen LogP contribution is 2.31. The summed E-state index contributed by atoms with van der Waals surface area (Å²) in [4.78, 5) is 14.7. The van der Waals surface area contributed by atoms with E-state index in [9.17, 15) is 4.79 Å². The maximum atomic E-state index is 12.5. The molecule has 1 aromatic rings. The molecule has 0 saturated carbocycles. The van der Waals surface area contributed by atoms with Crippen LogP contribution in [0.2, 0.25) is 0 Å². The van der Waals surface area contributed by atoms with Gasteiger partial charge in [-0.3, -0.25) is 4.79 Å². The third-order valence-electron chi connectivity index (χ3n) is 5.28. The van der Waals surface area contributed by atoms with Gasteiger partial charge in [0.1, 0.15) is 11.9 Å². The zero-order valence-electron chi connectivity index (χ0n) is 14.5. The molecule has 0 spiro atoms. The number of nitrogens with one attached hydrogen (secondary N) is 1. The van der Waals surface area contributed by atoms with E-state index in [4.69, 9.17) is 4.74 Å². The van der Waals surface area contributed by atoms with E-state index in [1.165, 1.54) is 12.0 Å². The number of carbonyl (C=O) groups is 1. The number of amides is 1. The molecule has 4 nitrogen and oxygen atoms in total. The van der Waals surface area contributed by atoms with E-state index < -0.39 is 0 Å². The van der Waals surface area contributed by atoms with Gasteiger partial charge >= 0.3 is 0 Å². The molecule has 0 unspecified atom stereocenters. The lowest BCUT2D eigenvalue weighted by Crippen LogP contribution is -2.55. The first kappa shape index (κ1) is 16.3. The molecule has 0 aromatic heterocycles. The topological polar surface area (TPSA) is 41.6 Å². The van der Waals surface area contributed by atoms with Crippen LogP contribution < -0.4 is 10.1 Å². The van der Waals surface area contributed by atoms with Crippen molar-refractivity contribution >= 4 is 5.91 Å². The van der Waals surface area contributed by atoms with E-state index in [1.54, 1.807) is 0 Å². The number of likely N-dealkylation sites (tertiary alicyclic amines) is 1. The monoisotopic (exact) mass is 316 g/mol. The van der Waals surface area contributed by atoms with Crippen molar-refractivity contribution in [1.29, 1.82) is 0 Å². The predicted octanol–water partition coefficient (Wildman–Crippen LogP) is 2.76. The summed E-state index contributed by atoms with van der Waals surface area (Å²) in [7, 11) is 2.11. The van der Waals surface area contributed by atoms with E-state index >= 15 is 0 Å². The minimum Gasteiger partial charge on any atom is -0.488 e. The third kappa shape index (κ3) is 3.69. The first-order chi connectivity index (χ1) is 11.0. The van der Waals surface area contributed by atoms with Crippen LogP contribution in [0.1, 0.15) is 45.1 Å². The van der Waals surface area contributed by atoms with Gasteiger partial charge in [-0.15, -0.1) is 0 Å². The Balaban J connectivity index is 1.59. The summed E-state index contributed by atoms with van der Waals surface area (Å²) >= 11 is 0. The van der Waals surface area contributed by atoms with Crippen molar-refractivity contribution in [1.82, 2.24) is 10.2 Å². The Labute approximate surface area is 139 Å². The van der Waals surface area contributed by atoms with Crippen LogP contribution in [0.5, 0.6) is 5.75 Å². The van der Waals surface area contributed by atoms with Crippen LogP contribution in [-0.4, -0.2) is 42.1 Å². The lowest BCUT2D eigenvalue weighted by atomic mass is 9.89. The molecule has 4 heteroatoms. The quantitative estimate of drug-likeness (QED) is 0.929. The van der Waals surface area contributed by atoms with Gasteiger partial charge in [0.2, 0.25) is 5.91 Å². The Morgan fingerprint density at radius 2 is 2.13 bits per heavy atom. The van der Waals surface area contributed by atoms with Crippen LogP contribution in [0, 0.1) is 0 Å². The molecule has 3 rings (SSSR count). The molecule has 1 N–H and O–H groups in total. The molecular formula is C19H28N2O2. The normalized spacial score (nSPS) is 24.8. The van der Waals surface area contributed by atoms with E-state index in [0.717, 1.165) is 31.6 Å². The van der Waals surface area contributed by atoms with E-state index in [0.29, 0.717) is 12.5 Å². The number of para-hydroxylation sites is 1. The van der Waals surface area contributed by atoms with Crippen LogP contribution in [0.15, 0.2) is 24.3 Å². The summed E-state index contributed by atoms with van der Waals surface area (Å²) in [6.45, 7) is 5.24. The molecule has 0 radical (unpaired) electrons. The molecule has 0 aliphatic carbocycles. The van der Waals surface area contributed by atoms with Gasteiger partial charge in [-0.2, -0.15) is 0 Å². The fourth-order valence-corrected chi connectivity index (χ4v) is 3.77. The highest BCUT2D eigenvalue weighted by Gasteiger charge is 2.36. The van der Waals surface area contributed by atoms with Crippen LogP contribution in [0.3, 0.4) is 0 Å². The Kier molecular flexibility index (Phi) is 4.62. The van der Waals surface area contributed by atoms with Crippen molar-refractivity contribution in [3.05, 3.63) is 29.8 Å². The van der Waals surface area contributed by atoms with Crippen LogP contribution in [-0.2, 0) is 11.2 Å². The molecule has 1 fully saturated rings. The van der Waals surface area contributed by atoms with Gasteiger partial charge < -0.3 is 15.0 Å². The third-order valence-corrected chi connectivity index (χ3v) is 5.28. The second-order valence-electron chi connectivity index (χ2n) is 7.50. The average Bonchev–Trinajstić information content (AvgIpc) is 2.91. The number of benzene rings is 1. The SMILES string of the molecule is CN1CCC[C@@H]1CC(=O)NC(C)(C)[C@H]1CCc2ccccc2O1. The zero-order chi connectivity index (χ0) is 16.4. The number of fused-ring (bicyclic) bond motifs is 1. The number of rotatable bonds is 4. The molecule has 1 amide bonds. The number of ether oxygens (including phenoxy) is 1. The first-order valence-corrected chi connectivity index (χ1v) is 8.71. The highest BCUT2D eigenvalue weighted by atomic mass is 16.5. The van der Waals surface area contributed by atoms with Crippen molar-refractivity contribution in [2.24, 2.45) is 0 Å². The Morgan fingerprint density at radius 1 is 1.35 bits per heavy atom. The molecule has 2 aliphatic heterocycles. The summed E-state index contributed by atoms with van der Waals surface area (Å²) in [5, 5.41) is 3.21. The van der Waals surface area contributed by atoms with Gasteiger partial charge in [0.05, 0.1) is 5.54 Å². The first-order valence-electron chi connectivity index (χ1n) is 8.71. The summed E-state index contributed by atoms with van der Waals surface area (Å²) in [6.07, 6.45) is 4.86. The average molecular weight is 316 g/mol. The number of nitrogens with zero attached hydrogens (tertiary/aromatic N) is 1. The van der Waals surface area contributed by atoms with Crippen molar-refractivity contribution in [3.8, 4) is 5.75 Å². The van der Waals surface area contributed by atoms with E-state index in [2.05, 4.69) is 37.2 Å². The van der Waals surface area contributed by atoms with Crippen molar-refractivity contribution in [2.45, 2.75) is 63.6 Å². The van der Waals surface area contributed by atoms with Gasteiger partial charge in [-0.25, -0.2) is 0 Å². The van der Waals surface area contributed by atoms with Gasteiger partial charge in [-0.05, 0) is 64.8 Å². The number of carbonyl (C=O) groups excluding carboxylic acids is 1. The van der Waals surface area contributed by atoms with E-state index in [-0.39, 0.29) is 17.6 Å². The fraction of sp³-hybridized carbons (Fsp3) is 0.632. The summed E-state index contributed by atoms with van der Waals surface area (Å²) in [5.41, 5.74) is 0.903. The predicted molar refractivity (Wildman–Crippen MR) is 91.7 cm³/mol. The Morgan fingerprint density at radius 3 is 2.87 bits per heavy atom.